The van der Waals surface area contributed by atoms with Gasteiger partial charge in [-0.25, -0.2) is 4.68 Å². The van der Waals surface area contributed by atoms with Crippen LogP contribution in [-0.4, -0.2) is 37.4 Å². The molecule has 0 bridgehead atoms. The Hall–Kier alpha value is -4.00. The molecule has 0 saturated carbocycles. The summed E-state index contributed by atoms with van der Waals surface area (Å²) in [6, 6.07) is 19.7. The van der Waals surface area contributed by atoms with Crippen LogP contribution in [-0.2, 0) is 17.9 Å². The number of aromatic nitrogens is 3. The smallest absolute Gasteiger partial charge is 0.268 e. The van der Waals surface area contributed by atoms with E-state index in [1.165, 1.54) is 5.56 Å². The van der Waals surface area contributed by atoms with E-state index in [0.29, 0.717) is 24.6 Å². The maximum atomic E-state index is 13.5. The molecule has 2 unspecified atom stereocenters. The highest BCUT2D eigenvalue weighted by molar-refractivity contribution is 5.83. The van der Waals surface area contributed by atoms with E-state index in [1.54, 1.807) is 0 Å². The number of aryl methyl sites for hydroxylation is 1. The maximum Gasteiger partial charge on any atom is 0.268 e. The fourth-order valence-electron chi connectivity index (χ4n) is 4.61. The Balaban J connectivity index is 1.32. The topological polar surface area (TPSA) is 61.5 Å². The molecule has 2 atom stereocenters. The van der Waals surface area contributed by atoms with E-state index >= 15 is 0 Å². The molecule has 33 heavy (non-hydrogen) atoms. The van der Waals surface area contributed by atoms with E-state index < -0.39 is 6.10 Å². The second-order valence-corrected chi connectivity index (χ2v) is 8.59. The van der Waals surface area contributed by atoms with Gasteiger partial charge >= 0.3 is 0 Å². The molecular formula is C26H24N4O3. The summed E-state index contributed by atoms with van der Waals surface area (Å²) in [4.78, 5) is 15.3. The standard InChI is InChI=1S/C26H24N4O3/c1-17-8-7-9-19(14-17)30-25(28-12-5-6-13-28)20-15-29(16-21(20)27-30)26(31)24-18(2)32-22-10-3-4-11-23(22)33-24/h3-14,18,24H,15-16H2,1-2H3. The van der Waals surface area contributed by atoms with E-state index in [4.69, 9.17) is 14.6 Å². The third-order valence-corrected chi connectivity index (χ3v) is 6.22. The van der Waals surface area contributed by atoms with Crippen LogP contribution in [0.3, 0.4) is 0 Å². The summed E-state index contributed by atoms with van der Waals surface area (Å²) in [5, 5.41) is 4.92. The Labute approximate surface area is 191 Å². The molecule has 4 heterocycles. The number of carbonyl (C=O) groups is 1. The van der Waals surface area contributed by atoms with Crippen molar-refractivity contribution in [3.8, 4) is 23.0 Å². The van der Waals surface area contributed by atoms with Crippen LogP contribution in [0.25, 0.3) is 11.5 Å². The molecule has 2 aliphatic heterocycles. The number of hydrogen-bond acceptors (Lipinski definition) is 4. The number of amides is 1. The summed E-state index contributed by atoms with van der Waals surface area (Å²) in [6.07, 6.45) is 2.94. The summed E-state index contributed by atoms with van der Waals surface area (Å²) < 4.78 is 16.0. The van der Waals surface area contributed by atoms with Gasteiger partial charge in [0, 0.05) is 18.0 Å². The first-order chi connectivity index (χ1) is 16.1. The van der Waals surface area contributed by atoms with Gasteiger partial charge in [-0.15, -0.1) is 0 Å². The highest BCUT2D eigenvalue weighted by atomic mass is 16.6. The Kier molecular flexibility index (Phi) is 4.50. The molecule has 0 fully saturated rings. The van der Waals surface area contributed by atoms with Crippen molar-refractivity contribution in [2.24, 2.45) is 0 Å². The van der Waals surface area contributed by atoms with Gasteiger partial charge in [0.25, 0.3) is 5.91 Å². The van der Waals surface area contributed by atoms with Gasteiger partial charge in [-0.2, -0.15) is 5.10 Å². The van der Waals surface area contributed by atoms with Crippen molar-refractivity contribution < 1.29 is 14.3 Å². The number of hydrogen-bond donors (Lipinski definition) is 0. The lowest BCUT2D eigenvalue weighted by atomic mass is 10.1. The van der Waals surface area contributed by atoms with Crippen LogP contribution < -0.4 is 9.47 Å². The Bertz CT molecular complexity index is 1340. The first kappa shape index (κ1) is 19.7. The normalized spacial score (nSPS) is 18.9. The van der Waals surface area contributed by atoms with Gasteiger partial charge < -0.3 is 18.9 Å². The number of carbonyl (C=O) groups excluding carboxylic acids is 1. The summed E-state index contributed by atoms with van der Waals surface area (Å²) in [6.45, 7) is 4.86. The fraction of sp³-hybridized carbons (Fsp3) is 0.231. The highest BCUT2D eigenvalue weighted by Crippen LogP contribution is 2.36. The van der Waals surface area contributed by atoms with Gasteiger partial charge in [0.1, 0.15) is 11.9 Å². The van der Waals surface area contributed by atoms with E-state index in [2.05, 4.69) is 29.7 Å². The molecule has 0 aliphatic carbocycles. The third-order valence-electron chi connectivity index (χ3n) is 6.22. The lowest BCUT2D eigenvalue weighted by molar-refractivity contribution is -0.145. The van der Waals surface area contributed by atoms with Gasteiger partial charge in [0.05, 0.1) is 24.5 Å². The first-order valence-electron chi connectivity index (χ1n) is 11.1. The minimum absolute atomic E-state index is 0.0874. The SMILES string of the molecule is Cc1cccc(-n2nc3c(c2-n2cccc2)CN(C(=O)C2Oc4ccccc4OC2C)C3)c1. The van der Waals surface area contributed by atoms with Gasteiger partial charge in [-0.05, 0) is 55.8 Å². The van der Waals surface area contributed by atoms with Gasteiger partial charge in [-0.3, -0.25) is 4.79 Å². The zero-order chi connectivity index (χ0) is 22.5. The van der Waals surface area contributed by atoms with Gasteiger partial charge in [0.2, 0.25) is 6.10 Å². The predicted octanol–water partition coefficient (Wildman–Crippen LogP) is 4.04. The number of para-hydroxylation sites is 2. The molecule has 7 heteroatoms. The number of benzene rings is 2. The molecule has 7 nitrogen and oxygen atoms in total. The predicted molar refractivity (Wildman–Crippen MR) is 123 cm³/mol. The average Bonchev–Trinajstić information content (AvgIpc) is 3.54. The summed E-state index contributed by atoms with van der Waals surface area (Å²) in [5.74, 6) is 2.14. The van der Waals surface area contributed by atoms with E-state index in [-0.39, 0.29) is 12.0 Å². The van der Waals surface area contributed by atoms with Crippen LogP contribution in [0.1, 0.15) is 23.7 Å². The van der Waals surface area contributed by atoms with Crippen molar-refractivity contribution in [3.63, 3.8) is 0 Å². The largest absolute Gasteiger partial charge is 0.482 e. The molecular weight excluding hydrogens is 416 g/mol. The summed E-state index contributed by atoms with van der Waals surface area (Å²) >= 11 is 0. The second-order valence-electron chi connectivity index (χ2n) is 8.59. The van der Waals surface area contributed by atoms with Crippen molar-refractivity contribution in [2.45, 2.75) is 39.1 Å². The summed E-state index contributed by atoms with van der Waals surface area (Å²) in [7, 11) is 0. The highest BCUT2D eigenvalue weighted by Gasteiger charge is 2.40. The molecule has 4 aromatic rings. The Morgan fingerprint density at radius 1 is 0.970 bits per heavy atom. The molecule has 166 valence electrons. The van der Waals surface area contributed by atoms with Crippen LogP contribution in [0.5, 0.6) is 11.5 Å². The van der Waals surface area contributed by atoms with Crippen LogP contribution in [0, 0.1) is 6.92 Å². The molecule has 2 aliphatic rings. The molecule has 0 radical (unpaired) electrons. The number of ether oxygens (including phenoxy) is 2. The zero-order valence-corrected chi connectivity index (χ0v) is 18.5. The molecule has 2 aromatic carbocycles. The lowest BCUT2D eigenvalue weighted by Gasteiger charge is -2.33. The van der Waals surface area contributed by atoms with Crippen molar-refractivity contribution in [2.75, 3.05) is 0 Å². The molecule has 0 N–H and O–H groups in total. The maximum absolute atomic E-state index is 13.5. The quantitative estimate of drug-likeness (QED) is 0.482. The van der Waals surface area contributed by atoms with E-state index in [1.807, 2.05) is 71.4 Å². The molecule has 6 rings (SSSR count). The average molecular weight is 441 g/mol. The number of fused-ring (bicyclic) bond motifs is 2. The minimum atomic E-state index is -0.692. The lowest BCUT2D eigenvalue weighted by Crippen LogP contribution is -2.49. The van der Waals surface area contributed by atoms with E-state index in [9.17, 15) is 4.79 Å². The molecule has 0 saturated heterocycles. The van der Waals surface area contributed by atoms with Crippen molar-refractivity contribution >= 4 is 5.91 Å². The van der Waals surface area contributed by atoms with Crippen LogP contribution >= 0.6 is 0 Å². The van der Waals surface area contributed by atoms with Crippen molar-refractivity contribution in [3.05, 3.63) is 89.9 Å². The summed E-state index contributed by atoms with van der Waals surface area (Å²) in [5.41, 5.74) is 4.12. The zero-order valence-electron chi connectivity index (χ0n) is 18.5. The number of rotatable bonds is 3. The van der Waals surface area contributed by atoms with Crippen molar-refractivity contribution in [1.82, 2.24) is 19.2 Å². The Morgan fingerprint density at radius 2 is 1.73 bits per heavy atom. The van der Waals surface area contributed by atoms with Gasteiger partial charge in [0.15, 0.2) is 11.5 Å². The van der Waals surface area contributed by atoms with Crippen LogP contribution in [0.4, 0.5) is 0 Å². The molecule has 0 spiro atoms. The van der Waals surface area contributed by atoms with Crippen LogP contribution in [0.2, 0.25) is 0 Å². The Morgan fingerprint density at radius 3 is 2.48 bits per heavy atom. The van der Waals surface area contributed by atoms with Crippen LogP contribution in [0.15, 0.2) is 73.1 Å². The third kappa shape index (κ3) is 3.28. The number of nitrogens with zero attached hydrogens (tertiary/aromatic N) is 4. The second kappa shape index (κ2) is 7.55. The molecule has 2 aromatic heterocycles. The first-order valence-corrected chi connectivity index (χ1v) is 11.1. The van der Waals surface area contributed by atoms with Crippen molar-refractivity contribution in [1.29, 1.82) is 0 Å². The van der Waals surface area contributed by atoms with E-state index in [0.717, 1.165) is 22.8 Å². The van der Waals surface area contributed by atoms with Gasteiger partial charge in [-0.1, -0.05) is 24.3 Å². The minimum Gasteiger partial charge on any atom is -0.482 e. The monoisotopic (exact) mass is 440 g/mol. The fourth-order valence-corrected chi connectivity index (χ4v) is 4.61. The molecule has 1 amide bonds.